The predicted molar refractivity (Wildman–Crippen MR) is 77.7 cm³/mol. The van der Waals surface area contributed by atoms with Crippen molar-refractivity contribution in [3.8, 4) is 0 Å². The molecule has 0 saturated carbocycles. The van der Waals surface area contributed by atoms with Gasteiger partial charge in [0.1, 0.15) is 5.58 Å². The third-order valence-electron chi connectivity index (χ3n) is 3.08. The van der Waals surface area contributed by atoms with Crippen LogP contribution in [-0.4, -0.2) is 36.9 Å². The van der Waals surface area contributed by atoms with E-state index in [9.17, 15) is 9.59 Å². The Morgan fingerprint density at radius 1 is 1.33 bits per heavy atom. The number of rotatable bonds is 6. The van der Waals surface area contributed by atoms with Gasteiger partial charge in [-0.25, -0.2) is 0 Å². The first-order valence-electron chi connectivity index (χ1n) is 6.66. The minimum atomic E-state index is -0.576. The molecule has 1 aromatic heterocycles. The molecule has 1 heterocycles. The van der Waals surface area contributed by atoms with Crippen LogP contribution in [0, 0.1) is 0 Å². The molecule has 0 atom stereocenters. The van der Waals surface area contributed by atoms with Gasteiger partial charge in [0, 0.05) is 24.6 Å². The summed E-state index contributed by atoms with van der Waals surface area (Å²) in [6.45, 7) is 2.52. The number of nitrogens with zero attached hydrogens (tertiary/aromatic N) is 1. The molecule has 0 spiro atoms. The van der Waals surface area contributed by atoms with Crippen LogP contribution in [0.4, 0.5) is 0 Å². The van der Waals surface area contributed by atoms with Crippen molar-refractivity contribution >= 4 is 22.8 Å². The first kappa shape index (κ1) is 15.1. The molecule has 2 amide bonds. The van der Waals surface area contributed by atoms with Crippen molar-refractivity contribution in [2.45, 2.75) is 13.5 Å². The lowest BCUT2D eigenvalue weighted by molar-refractivity contribution is -0.118. The minimum absolute atomic E-state index is 0.163. The molecule has 2 aromatic rings. The van der Waals surface area contributed by atoms with Crippen molar-refractivity contribution in [2.75, 3.05) is 20.2 Å². The molecule has 2 rings (SSSR count). The lowest BCUT2D eigenvalue weighted by atomic mass is 10.1. The normalized spacial score (nSPS) is 10.8. The van der Waals surface area contributed by atoms with Crippen molar-refractivity contribution in [1.29, 1.82) is 0 Å². The maximum atomic E-state index is 12.4. The number of carbonyl (C=O) groups is 2. The molecule has 21 heavy (non-hydrogen) atoms. The fourth-order valence-corrected chi connectivity index (χ4v) is 2.10. The van der Waals surface area contributed by atoms with Crippen molar-refractivity contribution in [3.63, 3.8) is 0 Å². The lowest BCUT2D eigenvalue weighted by Gasteiger charge is -2.14. The summed E-state index contributed by atoms with van der Waals surface area (Å²) in [7, 11) is 1.50. The maximum Gasteiger partial charge on any atom is 0.290 e. The van der Waals surface area contributed by atoms with Crippen molar-refractivity contribution in [3.05, 3.63) is 35.6 Å². The molecule has 0 unspecified atom stereocenters. The average Bonchev–Trinajstić information content (AvgIpc) is 2.82. The van der Waals surface area contributed by atoms with Crippen LogP contribution in [0.3, 0.4) is 0 Å². The van der Waals surface area contributed by atoms with Gasteiger partial charge in [-0.2, -0.15) is 0 Å². The quantitative estimate of drug-likeness (QED) is 0.874. The Hall–Kier alpha value is -2.34. The van der Waals surface area contributed by atoms with Crippen LogP contribution in [0.15, 0.2) is 28.7 Å². The fraction of sp³-hybridized carbons (Fsp3) is 0.333. The van der Waals surface area contributed by atoms with E-state index in [1.165, 1.54) is 11.9 Å². The first-order valence-corrected chi connectivity index (χ1v) is 6.66. The third-order valence-corrected chi connectivity index (χ3v) is 3.08. The van der Waals surface area contributed by atoms with E-state index >= 15 is 0 Å². The average molecular weight is 290 g/mol. The summed E-state index contributed by atoms with van der Waals surface area (Å²) in [6, 6.07) is 7.36. The molecule has 6 heteroatoms. The summed E-state index contributed by atoms with van der Waals surface area (Å²) in [5.41, 5.74) is 6.42. The van der Waals surface area contributed by atoms with E-state index in [2.05, 4.69) is 0 Å². The SMILES string of the molecule is CCOCc1c(C(=O)N(C)CC(N)=O)oc2ccccc12. The van der Waals surface area contributed by atoms with Gasteiger partial charge in [0.05, 0.1) is 13.2 Å². The molecule has 0 aliphatic heterocycles. The van der Waals surface area contributed by atoms with E-state index in [1.807, 2.05) is 25.1 Å². The number of primary amides is 1. The maximum absolute atomic E-state index is 12.4. The summed E-state index contributed by atoms with van der Waals surface area (Å²) in [4.78, 5) is 24.6. The van der Waals surface area contributed by atoms with Gasteiger partial charge in [-0.05, 0) is 13.0 Å². The topological polar surface area (TPSA) is 85.8 Å². The van der Waals surface area contributed by atoms with Gasteiger partial charge in [0.2, 0.25) is 5.91 Å². The molecular weight excluding hydrogens is 272 g/mol. The lowest BCUT2D eigenvalue weighted by Crippen LogP contribution is -2.35. The second-order valence-corrected chi connectivity index (χ2v) is 4.67. The number of hydrogen-bond acceptors (Lipinski definition) is 4. The first-order chi connectivity index (χ1) is 10.0. The molecule has 0 radical (unpaired) electrons. The number of carbonyl (C=O) groups excluding carboxylic acids is 2. The highest BCUT2D eigenvalue weighted by molar-refractivity contribution is 6.00. The zero-order valence-electron chi connectivity index (χ0n) is 12.1. The van der Waals surface area contributed by atoms with Crippen molar-refractivity contribution in [1.82, 2.24) is 4.90 Å². The summed E-state index contributed by atoms with van der Waals surface area (Å²) < 4.78 is 11.1. The molecule has 0 saturated heterocycles. The van der Waals surface area contributed by atoms with Crippen LogP contribution in [0.25, 0.3) is 11.0 Å². The Morgan fingerprint density at radius 3 is 2.71 bits per heavy atom. The second kappa shape index (κ2) is 6.41. The molecule has 0 aliphatic carbocycles. The summed E-state index contributed by atoms with van der Waals surface area (Å²) in [5.74, 6) is -0.776. The highest BCUT2D eigenvalue weighted by Gasteiger charge is 2.23. The number of nitrogens with two attached hydrogens (primary N) is 1. The number of benzene rings is 1. The molecule has 2 N–H and O–H groups in total. The Bertz CT molecular complexity index is 663. The predicted octanol–water partition coefficient (Wildman–Crippen LogP) is 1.53. The van der Waals surface area contributed by atoms with Gasteiger partial charge in [-0.15, -0.1) is 0 Å². The van der Waals surface area contributed by atoms with Crippen LogP contribution >= 0.6 is 0 Å². The second-order valence-electron chi connectivity index (χ2n) is 4.67. The number of amides is 2. The third kappa shape index (κ3) is 3.22. The standard InChI is InChI=1S/C15H18N2O4/c1-3-20-9-11-10-6-4-5-7-12(10)21-14(11)15(19)17(2)8-13(16)18/h4-7H,3,8-9H2,1-2H3,(H2,16,18). The fourth-order valence-electron chi connectivity index (χ4n) is 2.10. The monoisotopic (exact) mass is 290 g/mol. The van der Waals surface area contributed by atoms with Gasteiger partial charge >= 0.3 is 0 Å². The largest absolute Gasteiger partial charge is 0.451 e. The molecule has 6 nitrogen and oxygen atoms in total. The van der Waals surface area contributed by atoms with Crippen LogP contribution in [0.5, 0.6) is 0 Å². The van der Waals surface area contributed by atoms with E-state index in [-0.39, 0.29) is 24.8 Å². The van der Waals surface area contributed by atoms with Crippen LogP contribution in [-0.2, 0) is 16.1 Å². The number of hydrogen-bond donors (Lipinski definition) is 1. The van der Waals surface area contributed by atoms with Gasteiger partial charge < -0.3 is 19.8 Å². The smallest absolute Gasteiger partial charge is 0.290 e. The van der Waals surface area contributed by atoms with Crippen molar-refractivity contribution < 1.29 is 18.7 Å². The summed E-state index contributed by atoms with van der Waals surface area (Å²) >= 11 is 0. The summed E-state index contributed by atoms with van der Waals surface area (Å²) in [6.07, 6.45) is 0. The Labute approximate surface area is 122 Å². The molecule has 0 bridgehead atoms. The van der Waals surface area contributed by atoms with Crippen molar-refractivity contribution in [2.24, 2.45) is 5.73 Å². The molecular formula is C15H18N2O4. The number of fused-ring (bicyclic) bond motifs is 1. The van der Waals surface area contributed by atoms with E-state index in [0.29, 0.717) is 17.8 Å². The van der Waals surface area contributed by atoms with Crippen LogP contribution in [0.1, 0.15) is 23.0 Å². The number of para-hydroxylation sites is 1. The number of furan rings is 1. The highest BCUT2D eigenvalue weighted by Crippen LogP contribution is 2.27. The van der Waals surface area contributed by atoms with Crippen LogP contribution < -0.4 is 5.73 Å². The molecule has 1 aromatic carbocycles. The van der Waals surface area contributed by atoms with E-state index in [4.69, 9.17) is 14.9 Å². The van der Waals surface area contributed by atoms with Gasteiger partial charge in [0.25, 0.3) is 5.91 Å². The highest BCUT2D eigenvalue weighted by atomic mass is 16.5. The molecule has 112 valence electrons. The zero-order valence-corrected chi connectivity index (χ0v) is 12.1. The Balaban J connectivity index is 2.41. The number of likely N-dealkylation sites (N-methyl/N-ethyl adjacent to an activating group) is 1. The number of ether oxygens (including phenoxy) is 1. The van der Waals surface area contributed by atoms with Gasteiger partial charge in [0.15, 0.2) is 5.76 Å². The molecule has 0 fully saturated rings. The van der Waals surface area contributed by atoms with E-state index in [0.717, 1.165) is 5.39 Å². The van der Waals surface area contributed by atoms with E-state index in [1.54, 1.807) is 6.07 Å². The minimum Gasteiger partial charge on any atom is -0.451 e. The Morgan fingerprint density at radius 2 is 2.05 bits per heavy atom. The van der Waals surface area contributed by atoms with Crippen LogP contribution in [0.2, 0.25) is 0 Å². The Kier molecular flexibility index (Phi) is 4.59. The van der Waals surface area contributed by atoms with E-state index < -0.39 is 5.91 Å². The van der Waals surface area contributed by atoms with Gasteiger partial charge in [-0.1, -0.05) is 18.2 Å². The zero-order chi connectivity index (χ0) is 15.4. The summed E-state index contributed by atoms with van der Waals surface area (Å²) in [5, 5.41) is 0.835. The van der Waals surface area contributed by atoms with Gasteiger partial charge in [-0.3, -0.25) is 9.59 Å². The molecule has 0 aliphatic rings.